The minimum Gasteiger partial charge on any atom is -0.391 e. The highest BCUT2D eigenvalue weighted by Gasteiger charge is 2.20. The highest BCUT2D eigenvalue weighted by atomic mass is 32.1. The van der Waals surface area contributed by atoms with Crippen LogP contribution < -0.4 is 4.90 Å². The number of rotatable bonds is 4. The van der Waals surface area contributed by atoms with Gasteiger partial charge in [0, 0.05) is 13.1 Å². The van der Waals surface area contributed by atoms with E-state index < -0.39 is 0 Å². The monoisotopic (exact) mass is 240 g/mol. The lowest BCUT2D eigenvalue weighted by Gasteiger charge is -2.12. The van der Waals surface area contributed by atoms with Crippen LogP contribution in [0.1, 0.15) is 49.6 Å². The number of thiazole rings is 1. The summed E-state index contributed by atoms with van der Waals surface area (Å²) in [6.07, 6.45) is 3.62. The van der Waals surface area contributed by atoms with E-state index in [0.29, 0.717) is 5.92 Å². The molecule has 1 aliphatic rings. The molecule has 0 spiro atoms. The first-order valence-corrected chi connectivity index (χ1v) is 6.93. The summed E-state index contributed by atoms with van der Waals surface area (Å²) < 4.78 is 0. The van der Waals surface area contributed by atoms with Crippen LogP contribution >= 0.6 is 11.3 Å². The molecule has 0 amide bonds. The largest absolute Gasteiger partial charge is 0.391 e. The summed E-state index contributed by atoms with van der Waals surface area (Å²) in [6, 6.07) is 0. The molecule has 2 rings (SSSR count). The van der Waals surface area contributed by atoms with Crippen LogP contribution in [0.25, 0.3) is 0 Å². The Balaban J connectivity index is 2.24. The van der Waals surface area contributed by atoms with Gasteiger partial charge in [0.15, 0.2) is 5.13 Å². The van der Waals surface area contributed by atoms with E-state index in [9.17, 15) is 5.11 Å². The van der Waals surface area contributed by atoms with E-state index in [0.717, 1.165) is 35.2 Å². The number of aliphatic hydroxyl groups is 1. The molecule has 0 aromatic carbocycles. The van der Waals surface area contributed by atoms with Gasteiger partial charge in [0.1, 0.15) is 0 Å². The second-order valence-corrected chi connectivity index (χ2v) is 5.53. The van der Waals surface area contributed by atoms with Crippen molar-refractivity contribution in [2.45, 2.75) is 45.6 Å². The highest BCUT2D eigenvalue weighted by Crippen LogP contribution is 2.33. The Morgan fingerprint density at radius 3 is 2.69 bits per heavy atom. The van der Waals surface area contributed by atoms with Crippen LogP contribution in [0, 0.1) is 0 Å². The zero-order valence-electron chi connectivity index (χ0n) is 10.1. The molecule has 0 saturated carbocycles. The summed E-state index contributed by atoms with van der Waals surface area (Å²) in [5.74, 6) is 0.453. The first-order chi connectivity index (χ1) is 7.76. The molecule has 0 bridgehead atoms. The number of aliphatic hydroxyl groups excluding tert-OH is 1. The second kappa shape index (κ2) is 5.15. The van der Waals surface area contributed by atoms with Crippen LogP contribution in [0.5, 0.6) is 0 Å². The lowest BCUT2D eigenvalue weighted by Crippen LogP contribution is -2.17. The van der Waals surface area contributed by atoms with Crippen molar-refractivity contribution in [1.82, 2.24) is 4.98 Å². The van der Waals surface area contributed by atoms with E-state index in [1.165, 1.54) is 12.8 Å². The van der Waals surface area contributed by atoms with E-state index >= 15 is 0 Å². The van der Waals surface area contributed by atoms with Crippen molar-refractivity contribution in [3.63, 3.8) is 0 Å². The van der Waals surface area contributed by atoms with Crippen molar-refractivity contribution in [3.05, 3.63) is 10.6 Å². The molecule has 1 fully saturated rings. The normalized spacial score (nSPS) is 18.1. The second-order valence-electron chi connectivity index (χ2n) is 4.47. The summed E-state index contributed by atoms with van der Waals surface area (Å²) in [7, 11) is 0. The van der Waals surface area contributed by atoms with Gasteiger partial charge in [-0.25, -0.2) is 4.98 Å². The lowest BCUT2D eigenvalue weighted by atomic mass is 10.0. The molecule has 1 aromatic rings. The molecule has 3 nitrogen and oxygen atoms in total. The molecular formula is C12H20N2OS. The quantitative estimate of drug-likeness (QED) is 0.879. The van der Waals surface area contributed by atoms with Crippen LogP contribution in [0.3, 0.4) is 0 Å². The summed E-state index contributed by atoms with van der Waals surface area (Å²) >= 11 is 1.67. The third kappa shape index (κ3) is 2.23. The van der Waals surface area contributed by atoms with Gasteiger partial charge in [-0.15, -0.1) is 0 Å². The van der Waals surface area contributed by atoms with Crippen molar-refractivity contribution in [2.75, 3.05) is 18.0 Å². The van der Waals surface area contributed by atoms with Gasteiger partial charge in [-0.1, -0.05) is 25.2 Å². The topological polar surface area (TPSA) is 36.4 Å². The predicted molar refractivity (Wildman–Crippen MR) is 68.2 cm³/mol. The number of hydrogen-bond donors (Lipinski definition) is 1. The molecule has 1 N–H and O–H groups in total. The van der Waals surface area contributed by atoms with Gasteiger partial charge in [-0.3, -0.25) is 0 Å². The smallest absolute Gasteiger partial charge is 0.185 e. The molecule has 0 radical (unpaired) electrons. The summed E-state index contributed by atoms with van der Waals surface area (Å²) in [4.78, 5) is 8.11. The summed E-state index contributed by atoms with van der Waals surface area (Å²) in [5, 5.41) is 10.5. The first-order valence-electron chi connectivity index (χ1n) is 6.11. The Bertz CT molecular complexity index is 345. The maximum atomic E-state index is 9.37. The Kier molecular flexibility index (Phi) is 3.82. The van der Waals surface area contributed by atoms with Crippen molar-refractivity contribution in [1.29, 1.82) is 0 Å². The standard InChI is InChI=1S/C12H20N2OS/c1-3-9(2)11-10(8-15)16-12(13-11)14-6-4-5-7-14/h9,15H,3-8H2,1-2H3. The molecular weight excluding hydrogens is 220 g/mol. The fourth-order valence-corrected chi connectivity index (χ4v) is 3.18. The van der Waals surface area contributed by atoms with Gasteiger partial charge in [0.25, 0.3) is 0 Å². The average molecular weight is 240 g/mol. The molecule has 1 unspecified atom stereocenters. The third-order valence-corrected chi connectivity index (χ3v) is 4.43. The molecule has 2 heterocycles. The maximum absolute atomic E-state index is 9.37. The van der Waals surface area contributed by atoms with Crippen LogP contribution in [-0.2, 0) is 6.61 Å². The van der Waals surface area contributed by atoms with Gasteiger partial charge < -0.3 is 10.0 Å². The van der Waals surface area contributed by atoms with Gasteiger partial charge in [-0.05, 0) is 25.2 Å². The van der Waals surface area contributed by atoms with Crippen LogP contribution in [-0.4, -0.2) is 23.2 Å². The van der Waals surface area contributed by atoms with Crippen molar-refractivity contribution in [3.8, 4) is 0 Å². The number of nitrogens with zero attached hydrogens (tertiary/aromatic N) is 2. The minimum atomic E-state index is 0.130. The Labute approximate surface area is 101 Å². The van der Waals surface area contributed by atoms with Crippen molar-refractivity contribution >= 4 is 16.5 Å². The Morgan fingerprint density at radius 1 is 1.44 bits per heavy atom. The van der Waals surface area contributed by atoms with Gasteiger partial charge in [0.05, 0.1) is 17.2 Å². The lowest BCUT2D eigenvalue weighted by molar-refractivity contribution is 0.283. The van der Waals surface area contributed by atoms with Gasteiger partial charge in [-0.2, -0.15) is 0 Å². The molecule has 1 aliphatic heterocycles. The van der Waals surface area contributed by atoms with E-state index in [1.807, 2.05) is 0 Å². The van der Waals surface area contributed by atoms with E-state index in [4.69, 9.17) is 4.98 Å². The van der Waals surface area contributed by atoms with Gasteiger partial charge in [0.2, 0.25) is 0 Å². The fourth-order valence-electron chi connectivity index (χ4n) is 2.09. The molecule has 1 aromatic heterocycles. The van der Waals surface area contributed by atoms with Gasteiger partial charge >= 0.3 is 0 Å². The van der Waals surface area contributed by atoms with E-state index in [2.05, 4.69) is 18.7 Å². The summed E-state index contributed by atoms with van der Waals surface area (Å²) in [5.41, 5.74) is 1.11. The molecule has 1 saturated heterocycles. The summed E-state index contributed by atoms with van der Waals surface area (Å²) in [6.45, 7) is 6.73. The molecule has 1 atom stereocenters. The van der Waals surface area contributed by atoms with E-state index in [1.54, 1.807) is 11.3 Å². The zero-order chi connectivity index (χ0) is 11.5. The zero-order valence-corrected chi connectivity index (χ0v) is 10.9. The number of anilines is 1. The highest BCUT2D eigenvalue weighted by molar-refractivity contribution is 7.15. The SMILES string of the molecule is CCC(C)c1nc(N2CCCC2)sc1CO. The molecule has 0 aliphatic carbocycles. The Morgan fingerprint density at radius 2 is 2.12 bits per heavy atom. The average Bonchev–Trinajstić information content (AvgIpc) is 2.95. The third-order valence-electron chi connectivity index (χ3n) is 3.32. The van der Waals surface area contributed by atoms with Crippen LogP contribution in [0.15, 0.2) is 0 Å². The molecule has 4 heteroatoms. The fraction of sp³-hybridized carbons (Fsp3) is 0.750. The first kappa shape index (κ1) is 11.9. The number of aromatic nitrogens is 1. The van der Waals surface area contributed by atoms with E-state index in [-0.39, 0.29) is 6.61 Å². The predicted octanol–water partition coefficient (Wildman–Crippen LogP) is 2.75. The molecule has 90 valence electrons. The van der Waals surface area contributed by atoms with Crippen LogP contribution in [0.2, 0.25) is 0 Å². The maximum Gasteiger partial charge on any atom is 0.185 e. The minimum absolute atomic E-state index is 0.130. The number of hydrogen-bond acceptors (Lipinski definition) is 4. The van der Waals surface area contributed by atoms with Crippen LogP contribution in [0.4, 0.5) is 5.13 Å². The van der Waals surface area contributed by atoms with Crippen molar-refractivity contribution in [2.24, 2.45) is 0 Å². The molecule has 16 heavy (non-hydrogen) atoms. The van der Waals surface area contributed by atoms with Crippen molar-refractivity contribution < 1.29 is 5.11 Å². The Hall–Kier alpha value is -0.610.